The van der Waals surface area contributed by atoms with Crippen molar-refractivity contribution in [1.82, 2.24) is 14.1 Å². The Morgan fingerprint density at radius 1 is 1.41 bits per heavy atom. The molecule has 0 aliphatic heterocycles. The minimum absolute atomic E-state index is 0.0601. The number of hydrogen-bond acceptors (Lipinski definition) is 3. The second-order valence-electron chi connectivity index (χ2n) is 3.94. The van der Waals surface area contributed by atoms with E-state index in [-0.39, 0.29) is 5.56 Å². The summed E-state index contributed by atoms with van der Waals surface area (Å²) < 4.78 is 4.67. The van der Waals surface area contributed by atoms with E-state index < -0.39 is 0 Å². The van der Waals surface area contributed by atoms with Gasteiger partial charge in [0.1, 0.15) is 0 Å². The van der Waals surface area contributed by atoms with E-state index in [0.29, 0.717) is 6.54 Å². The van der Waals surface area contributed by atoms with Crippen molar-refractivity contribution in [1.29, 1.82) is 0 Å². The molecule has 0 aliphatic rings. The molecule has 0 unspecified atom stereocenters. The Kier molecular flexibility index (Phi) is 2.33. The molecule has 0 bridgehead atoms. The van der Waals surface area contributed by atoms with E-state index in [0.717, 1.165) is 15.8 Å². The van der Waals surface area contributed by atoms with Crippen molar-refractivity contribution >= 4 is 21.4 Å². The van der Waals surface area contributed by atoms with E-state index in [1.54, 1.807) is 28.4 Å². The Labute approximate surface area is 102 Å². The number of imidazole rings is 1. The Hall–Kier alpha value is -1.88. The highest BCUT2D eigenvalue weighted by Crippen LogP contribution is 2.16. The van der Waals surface area contributed by atoms with Crippen LogP contribution in [-0.4, -0.2) is 14.1 Å². The van der Waals surface area contributed by atoms with Crippen molar-refractivity contribution in [2.75, 3.05) is 0 Å². The van der Waals surface area contributed by atoms with E-state index in [1.165, 1.54) is 0 Å². The zero-order valence-electron chi connectivity index (χ0n) is 9.33. The zero-order valence-corrected chi connectivity index (χ0v) is 10.1. The van der Waals surface area contributed by atoms with Crippen molar-refractivity contribution in [3.8, 4) is 0 Å². The fraction of sp³-hybridized carbons (Fsp3) is 0.167. The van der Waals surface area contributed by atoms with Gasteiger partial charge in [0.15, 0.2) is 0 Å². The molecule has 0 amide bonds. The SMILES string of the molecule is Cn1cncc1Cn1ccc2sccc2c1=O. The van der Waals surface area contributed by atoms with Gasteiger partial charge in [-0.2, -0.15) is 0 Å². The third kappa shape index (κ3) is 1.68. The molecule has 3 heterocycles. The number of aromatic nitrogens is 3. The van der Waals surface area contributed by atoms with Gasteiger partial charge in [-0.15, -0.1) is 11.3 Å². The predicted octanol–water partition coefficient (Wildman–Crippen LogP) is 1.84. The van der Waals surface area contributed by atoms with Gasteiger partial charge in [0, 0.05) is 24.1 Å². The molecule has 3 aromatic heterocycles. The number of aryl methyl sites for hydroxylation is 1. The van der Waals surface area contributed by atoms with Gasteiger partial charge in [0.05, 0.1) is 24.0 Å². The van der Waals surface area contributed by atoms with Crippen LogP contribution in [0.15, 0.2) is 41.0 Å². The summed E-state index contributed by atoms with van der Waals surface area (Å²) in [7, 11) is 1.93. The van der Waals surface area contributed by atoms with Gasteiger partial charge in [0.25, 0.3) is 5.56 Å². The van der Waals surface area contributed by atoms with Crippen LogP contribution >= 0.6 is 11.3 Å². The summed E-state index contributed by atoms with van der Waals surface area (Å²) in [6, 6.07) is 3.86. The molecule has 3 rings (SSSR count). The normalized spacial score (nSPS) is 11.1. The average molecular weight is 245 g/mol. The monoisotopic (exact) mass is 245 g/mol. The highest BCUT2D eigenvalue weighted by molar-refractivity contribution is 7.17. The number of hydrogen-bond donors (Lipinski definition) is 0. The van der Waals surface area contributed by atoms with Gasteiger partial charge >= 0.3 is 0 Å². The molecule has 0 aromatic carbocycles. The Bertz CT molecular complexity index is 723. The molecule has 5 heteroatoms. The minimum Gasteiger partial charge on any atom is -0.336 e. The third-order valence-corrected chi connectivity index (χ3v) is 3.72. The fourth-order valence-electron chi connectivity index (χ4n) is 1.84. The van der Waals surface area contributed by atoms with Gasteiger partial charge < -0.3 is 9.13 Å². The number of fused-ring (bicyclic) bond motifs is 1. The minimum atomic E-state index is 0.0601. The molecule has 0 spiro atoms. The molecule has 0 fully saturated rings. The molecule has 0 radical (unpaired) electrons. The lowest BCUT2D eigenvalue weighted by Crippen LogP contribution is -2.20. The van der Waals surface area contributed by atoms with Gasteiger partial charge in [-0.1, -0.05) is 0 Å². The molecule has 86 valence electrons. The number of pyridine rings is 1. The van der Waals surface area contributed by atoms with Crippen LogP contribution in [0.1, 0.15) is 5.69 Å². The molecular formula is C12H11N3OS. The third-order valence-electron chi connectivity index (χ3n) is 2.84. The summed E-state index contributed by atoms with van der Waals surface area (Å²) in [5.41, 5.74) is 1.08. The quantitative estimate of drug-likeness (QED) is 0.691. The van der Waals surface area contributed by atoms with E-state index in [9.17, 15) is 4.79 Å². The van der Waals surface area contributed by atoms with Crippen LogP contribution in [0.3, 0.4) is 0 Å². The van der Waals surface area contributed by atoms with E-state index >= 15 is 0 Å². The number of nitrogens with zero attached hydrogens (tertiary/aromatic N) is 3. The molecule has 4 nitrogen and oxygen atoms in total. The molecule has 0 saturated carbocycles. The van der Waals surface area contributed by atoms with Crippen LogP contribution < -0.4 is 5.56 Å². The first kappa shape index (κ1) is 10.3. The summed E-state index contributed by atoms with van der Waals surface area (Å²) >= 11 is 1.59. The van der Waals surface area contributed by atoms with Gasteiger partial charge in [-0.25, -0.2) is 4.98 Å². The van der Waals surface area contributed by atoms with E-state index in [2.05, 4.69) is 4.98 Å². The van der Waals surface area contributed by atoms with Gasteiger partial charge in [-0.05, 0) is 17.5 Å². The molecular weight excluding hydrogens is 234 g/mol. The van der Waals surface area contributed by atoms with Crippen LogP contribution in [0.5, 0.6) is 0 Å². The first-order valence-corrected chi connectivity index (χ1v) is 6.15. The van der Waals surface area contributed by atoms with Crippen LogP contribution in [0.2, 0.25) is 0 Å². The van der Waals surface area contributed by atoms with E-state index in [1.807, 2.05) is 35.3 Å². The zero-order chi connectivity index (χ0) is 11.8. The maximum atomic E-state index is 12.2. The highest BCUT2D eigenvalue weighted by Gasteiger charge is 2.05. The maximum absolute atomic E-state index is 12.2. The topological polar surface area (TPSA) is 39.8 Å². The lowest BCUT2D eigenvalue weighted by Gasteiger charge is -2.06. The first-order chi connectivity index (χ1) is 8.25. The Morgan fingerprint density at radius 2 is 2.29 bits per heavy atom. The Balaban J connectivity index is 2.09. The lowest BCUT2D eigenvalue weighted by molar-refractivity contribution is 0.705. The largest absolute Gasteiger partial charge is 0.336 e. The van der Waals surface area contributed by atoms with Crippen molar-refractivity contribution in [2.24, 2.45) is 7.05 Å². The molecule has 0 saturated heterocycles. The standard InChI is InChI=1S/C12H11N3OS/c1-14-8-13-6-9(14)7-15-4-2-11-10(12(15)16)3-5-17-11/h2-6,8H,7H2,1H3. The van der Waals surface area contributed by atoms with Gasteiger partial charge in [0.2, 0.25) is 0 Å². The highest BCUT2D eigenvalue weighted by atomic mass is 32.1. The van der Waals surface area contributed by atoms with Crippen LogP contribution in [0.25, 0.3) is 10.1 Å². The molecule has 0 atom stereocenters. The molecule has 17 heavy (non-hydrogen) atoms. The fourth-order valence-corrected chi connectivity index (χ4v) is 2.62. The summed E-state index contributed by atoms with van der Waals surface area (Å²) in [5, 5.41) is 2.74. The second kappa shape index (κ2) is 3.85. The molecule has 0 N–H and O–H groups in total. The average Bonchev–Trinajstić information content (AvgIpc) is 2.92. The maximum Gasteiger partial charge on any atom is 0.259 e. The number of thiophene rings is 1. The van der Waals surface area contributed by atoms with Crippen LogP contribution in [0.4, 0.5) is 0 Å². The van der Waals surface area contributed by atoms with Crippen LogP contribution in [0, 0.1) is 0 Å². The smallest absolute Gasteiger partial charge is 0.259 e. The lowest BCUT2D eigenvalue weighted by atomic mass is 10.3. The summed E-state index contributed by atoms with van der Waals surface area (Å²) in [5.74, 6) is 0. The summed E-state index contributed by atoms with van der Waals surface area (Å²) in [6.07, 6.45) is 5.36. The summed E-state index contributed by atoms with van der Waals surface area (Å²) in [4.78, 5) is 16.2. The predicted molar refractivity (Wildman–Crippen MR) is 68.4 cm³/mol. The van der Waals surface area contributed by atoms with Crippen LogP contribution in [-0.2, 0) is 13.6 Å². The number of rotatable bonds is 2. The molecule has 3 aromatic rings. The first-order valence-electron chi connectivity index (χ1n) is 5.27. The second-order valence-corrected chi connectivity index (χ2v) is 4.89. The van der Waals surface area contributed by atoms with Crippen molar-refractivity contribution in [2.45, 2.75) is 6.54 Å². The van der Waals surface area contributed by atoms with Gasteiger partial charge in [-0.3, -0.25) is 4.79 Å². The van der Waals surface area contributed by atoms with Crippen molar-refractivity contribution in [3.05, 3.63) is 52.3 Å². The summed E-state index contributed by atoms with van der Waals surface area (Å²) in [6.45, 7) is 0.557. The van der Waals surface area contributed by atoms with E-state index in [4.69, 9.17) is 0 Å². The van der Waals surface area contributed by atoms with Crippen molar-refractivity contribution in [3.63, 3.8) is 0 Å². The molecule has 0 aliphatic carbocycles. The Morgan fingerprint density at radius 3 is 3.06 bits per heavy atom. The van der Waals surface area contributed by atoms with Crippen molar-refractivity contribution < 1.29 is 0 Å².